The Morgan fingerprint density at radius 1 is 1.05 bits per heavy atom. The average Bonchev–Trinajstić information content (AvgIpc) is 2.40. The van der Waals surface area contributed by atoms with Crippen molar-refractivity contribution >= 4 is 24.0 Å². The van der Waals surface area contributed by atoms with Crippen molar-refractivity contribution in [1.82, 2.24) is 0 Å². The van der Waals surface area contributed by atoms with E-state index in [2.05, 4.69) is 0 Å². The van der Waals surface area contributed by atoms with Gasteiger partial charge in [0.2, 0.25) is 0 Å². The molecule has 0 spiro atoms. The molecule has 21 heavy (non-hydrogen) atoms. The van der Waals surface area contributed by atoms with Crippen LogP contribution in [0.1, 0.15) is 5.56 Å². The molecule has 0 fully saturated rings. The molecule has 2 aromatic rings. The van der Waals surface area contributed by atoms with Crippen LogP contribution in [0.4, 0.5) is 17.3 Å². The molecule has 0 saturated carbocycles. The van der Waals surface area contributed by atoms with Crippen molar-refractivity contribution in [3.8, 4) is 5.75 Å². The van der Waals surface area contributed by atoms with Crippen molar-refractivity contribution in [3.63, 3.8) is 0 Å². The Morgan fingerprint density at radius 3 is 2.38 bits per heavy atom. The first-order valence-corrected chi connectivity index (χ1v) is 6.11. The van der Waals surface area contributed by atoms with E-state index in [0.29, 0.717) is 5.56 Å². The Hall–Kier alpha value is -0.0487. The molecule has 0 aliphatic carbocycles. The van der Waals surface area contributed by atoms with Crippen LogP contribution in [-0.2, 0) is 6.61 Å². The van der Waals surface area contributed by atoms with E-state index in [1.54, 1.807) is 6.07 Å². The van der Waals surface area contributed by atoms with Gasteiger partial charge in [0.05, 0.1) is 5.02 Å². The van der Waals surface area contributed by atoms with Crippen LogP contribution in [0.15, 0.2) is 42.5 Å². The molecule has 106 valence electrons. The molecule has 2 aromatic carbocycles. The zero-order chi connectivity index (χ0) is 14.8. The van der Waals surface area contributed by atoms with Gasteiger partial charge in [-0.3, -0.25) is 0 Å². The molecule has 0 amide bonds. The van der Waals surface area contributed by atoms with E-state index in [4.69, 9.17) is 16.3 Å². The van der Waals surface area contributed by atoms with Crippen molar-refractivity contribution in [2.75, 3.05) is 0 Å². The average molecular weight is 343 g/mol. The van der Waals surface area contributed by atoms with E-state index in [0.717, 1.165) is 12.1 Å². The Morgan fingerprint density at radius 2 is 1.71 bits per heavy atom. The molecular weight excluding hydrogens is 333 g/mol. The Kier molecular flexibility index (Phi) is 7.23. The van der Waals surface area contributed by atoms with Gasteiger partial charge in [-0.05, 0) is 18.2 Å². The molecule has 2 rings (SSSR count). The van der Waals surface area contributed by atoms with Gasteiger partial charge in [-0.1, -0.05) is 35.9 Å². The predicted octanol–water partition coefficient (Wildman–Crippen LogP) is 1.12. The van der Waals surface area contributed by atoms with E-state index >= 15 is 0 Å². The number of ether oxygens (including phenoxy) is 1. The van der Waals surface area contributed by atoms with Gasteiger partial charge in [0.25, 0.3) is 0 Å². The van der Waals surface area contributed by atoms with E-state index < -0.39 is 18.3 Å². The van der Waals surface area contributed by atoms with Gasteiger partial charge in [-0.25, -0.2) is 4.39 Å². The zero-order valence-electron chi connectivity index (χ0n) is 11.1. The van der Waals surface area contributed by atoms with Crippen molar-refractivity contribution in [2.45, 2.75) is 6.61 Å². The minimum absolute atomic E-state index is 0. The second-order valence-electron chi connectivity index (χ2n) is 4.15. The van der Waals surface area contributed by atoms with Crippen LogP contribution in [-0.4, -0.2) is 6.98 Å². The van der Waals surface area contributed by atoms with Crippen LogP contribution in [0.2, 0.25) is 5.02 Å². The van der Waals surface area contributed by atoms with E-state index in [9.17, 15) is 17.3 Å². The third kappa shape index (κ3) is 5.26. The van der Waals surface area contributed by atoms with Crippen molar-refractivity contribution in [2.24, 2.45) is 0 Å². The number of benzene rings is 2. The topological polar surface area (TPSA) is 9.23 Å². The molecule has 0 heterocycles. The maximum absolute atomic E-state index is 13.2. The summed E-state index contributed by atoms with van der Waals surface area (Å²) >= 11 is 5.73. The monoisotopic (exact) mass is 342 g/mol. The SMILES string of the molecule is Fc1cccc(COc2cccc([B-](F)(F)F)c2)c1Cl.[K+]. The van der Waals surface area contributed by atoms with Crippen molar-refractivity contribution < 1.29 is 73.5 Å². The fourth-order valence-corrected chi connectivity index (χ4v) is 1.81. The first kappa shape index (κ1) is 19.0. The minimum Gasteiger partial charge on any atom is -0.489 e. The minimum atomic E-state index is -5.08. The van der Waals surface area contributed by atoms with Gasteiger partial charge < -0.3 is 17.7 Å². The van der Waals surface area contributed by atoms with Gasteiger partial charge >= 0.3 is 58.4 Å². The summed E-state index contributed by atoms with van der Waals surface area (Å²) in [6.07, 6.45) is 0. The van der Waals surface area contributed by atoms with E-state index in [1.807, 2.05) is 0 Å². The first-order chi connectivity index (χ1) is 9.38. The maximum atomic E-state index is 13.2. The Labute approximate surface area is 167 Å². The predicted molar refractivity (Wildman–Crippen MR) is 70.9 cm³/mol. The smallest absolute Gasteiger partial charge is 0.489 e. The summed E-state index contributed by atoms with van der Waals surface area (Å²) in [5, 5.41) is -0.0938. The molecule has 0 N–H and O–H groups in total. The van der Waals surface area contributed by atoms with E-state index in [-0.39, 0.29) is 68.8 Å². The van der Waals surface area contributed by atoms with Crippen molar-refractivity contribution in [1.29, 1.82) is 0 Å². The molecule has 0 atom stereocenters. The summed E-state index contributed by atoms with van der Waals surface area (Å²) in [5.41, 5.74) is -0.373. The molecule has 0 saturated heterocycles. The van der Waals surface area contributed by atoms with Gasteiger partial charge in [-0.2, -0.15) is 0 Å². The maximum Gasteiger partial charge on any atom is 1.00 e. The third-order valence-corrected chi connectivity index (χ3v) is 3.09. The van der Waals surface area contributed by atoms with Crippen LogP contribution in [0.3, 0.4) is 0 Å². The molecule has 0 aliphatic rings. The number of halogens is 5. The fourth-order valence-electron chi connectivity index (χ4n) is 1.63. The largest absolute Gasteiger partial charge is 1.00 e. The van der Waals surface area contributed by atoms with Crippen LogP contribution in [0.25, 0.3) is 0 Å². The standard InChI is InChI=1S/C13H9BClF4O.K/c15-13-9(3-1-6-12(13)16)8-20-11-5-2-4-10(7-11)14(17,18)19;/h1-7H,8H2;/q-1;+1. The summed E-state index contributed by atoms with van der Waals surface area (Å²) in [6, 6.07) is 8.73. The molecular formula is C13H9BClF4KO. The molecule has 8 heteroatoms. The molecule has 1 nitrogen and oxygen atoms in total. The molecule has 0 aromatic heterocycles. The number of hydrogen-bond acceptors (Lipinski definition) is 1. The van der Waals surface area contributed by atoms with E-state index in [1.165, 1.54) is 24.3 Å². The molecule has 0 unspecified atom stereocenters. The summed E-state index contributed by atoms with van der Waals surface area (Å²) in [4.78, 5) is 0. The molecule has 0 aliphatic heterocycles. The Bertz CT molecular complexity index is 621. The summed E-state index contributed by atoms with van der Waals surface area (Å²) in [7, 11) is 0. The number of rotatable bonds is 4. The second kappa shape index (κ2) is 7.99. The quantitative estimate of drug-likeness (QED) is 0.598. The van der Waals surface area contributed by atoms with Gasteiger partial charge in [0.1, 0.15) is 18.2 Å². The third-order valence-electron chi connectivity index (χ3n) is 2.66. The summed E-state index contributed by atoms with van der Waals surface area (Å²) in [5.74, 6) is -0.540. The Balaban J connectivity index is 0.00000220. The number of hydrogen-bond donors (Lipinski definition) is 0. The van der Waals surface area contributed by atoms with Crippen LogP contribution >= 0.6 is 11.6 Å². The first-order valence-electron chi connectivity index (χ1n) is 5.73. The second-order valence-corrected chi connectivity index (χ2v) is 4.53. The zero-order valence-corrected chi connectivity index (χ0v) is 15.0. The van der Waals surface area contributed by atoms with Gasteiger partial charge in [0.15, 0.2) is 0 Å². The van der Waals surface area contributed by atoms with Gasteiger partial charge in [-0.15, -0.1) is 5.46 Å². The molecule has 0 bridgehead atoms. The van der Waals surface area contributed by atoms with Crippen LogP contribution in [0, 0.1) is 5.82 Å². The van der Waals surface area contributed by atoms with Crippen molar-refractivity contribution in [3.05, 3.63) is 58.9 Å². The van der Waals surface area contributed by atoms with Crippen LogP contribution in [0.5, 0.6) is 5.75 Å². The fraction of sp³-hybridized carbons (Fsp3) is 0.0769. The molecule has 0 radical (unpaired) electrons. The van der Waals surface area contributed by atoms with Crippen LogP contribution < -0.4 is 61.6 Å². The summed E-state index contributed by atoms with van der Waals surface area (Å²) < 4.78 is 56.2. The summed E-state index contributed by atoms with van der Waals surface area (Å²) in [6.45, 7) is -5.18. The normalized spacial score (nSPS) is 10.9. The van der Waals surface area contributed by atoms with Gasteiger partial charge in [0, 0.05) is 5.56 Å².